The molecule has 1 saturated carbocycles. The van der Waals surface area contributed by atoms with Gasteiger partial charge in [0.1, 0.15) is 11.6 Å². The minimum atomic E-state index is 0.523. The van der Waals surface area contributed by atoms with Crippen LogP contribution in [0.4, 0.5) is 17.6 Å². The lowest BCUT2D eigenvalue weighted by molar-refractivity contribution is 0.481. The number of nitrogens with one attached hydrogen (secondary N) is 2. The van der Waals surface area contributed by atoms with Crippen molar-refractivity contribution in [3.8, 4) is 0 Å². The predicted molar refractivity (Wildman–Crippen MR) is 116 cm³/mol. The molecule has 148 valence electrons. The molecule has 3 fully saturated rings. The first kappa shape index (κ1) is 18.7. The molecule has 6 nitrogen and oxygen atoms in total. The van der Waals surface area contributed by atoms with Gasteiger partial charge >= 0.3 is 0 Å². The zero-order valence-corrected chi connectivity index (χ0v) is 17.2. The van der Waals surface area contributed by atoms with Gasteiger partial charge in [0.25, 0.3) is 0 Å². The monoisotopic (exact) mass is 388 g/mol. The number of hydrogen-bond acceptors (Lipinski definition) is 5. The van der Waals surface area contributed by atoms with Crippen LogP contribution in [0.3, 0.4) is 0 Å². The highest BCUT2D eigenvalue weighted by atomic mass is 32.1. The van der Waals surface area contributed by atoms with Crippen molar-refractivity contribution in [3.63, 3.8) is 0 Å². The summed E-state index contributed by atoms with van der Waals surface area (Å²) in [5, 5.41) is 7.22. The molecule has 2 N–H and O–H groups in total. The van der Waals surface area contributed by atoms with Gasteiger partial charge in [-0.05, 0) is 64.1 Å². The van der Waals surface area contributed by atoms with Gasteiger partial charge in [0, 0.05) is 37.8 Å². The fourth-order valence-electron chi connectivity index (χ4n) is 4.08. The first-order valence-electron chi connectivity index (χ1n) is 10.7. The average molecular weight is 389 g/mol. The van der Waals surface area contributed by atoms with Crippen LogP contribution in [-0.4, -0.2) is 46.8 Å². The summed E-state index contributed by atoms with van der Waals surface area (Å²) < 4.78 is 0. The third-order valence-electron chi connectivity index (χ3n) is 5.86. The molecule has 0 spiro atoms. The van der Waals surface area contributed by atoms with Crippen LogP contribution < -0.4 is 20.4 Å². The van der Waals surface area contributed by atoms with E-state index < -0.39 is 0 Å². The van der Waals surface area contributed by atoms with E-state index in [1.165, 1.54) is 57.8 Å². The van der Waals surface area contributed by atoms with Crippen LogP contribution in [0.2, 0.25) is 0 Å². The molecule has 1 aromatic rings. The van der Waals surface area contributed by atoms with Crippen LogP contribution in [0.1, 0.15) is 64.7 Å². The second kappa shape index (κ2) is 8.59. The number of hydrogen-bond donors (Lipinski definition) is 2. The van der Waals surface area contributed by atoms with Gasteiger partial charge in [0.05, 0.1) is 0 Å². The van der Waals surface area contributed by atoms with E-state index in [-0.39, 0.29) is 0 Å². The minimum absolute atomic E-state index is 0.523. The molecule has 1 atom stereocenters. The summed E-state index contributed by atoms with van der Waals surface area (Å²) in [5.74, 6) is 2.70. The van der Waals surface area contributed by atoms with Crippen LogP contribution in [0, 0.1) is 0 Å². The van der Waals surface area contributed by atoms with E-state index >= 15 is 0 Å². The summed E-state index contributed by atoms with van der Waals surface area (Å²) in [6.07, 6.45) is 11.3. The van der Waals surface area contributed by atoms with Crippen LogP contribution in [0.15, 0.2) is 6.07 Å². The molecule has 1 aromatic heterocycles. The standard InChI is InChI=1S/C20H32N6S/c1-15-8-4-7-13-26(15)18-14-17(25-11-5-2-3-6-12-25)22-19(23-18)24-20(27)21-16-9-10-16/h14-16H,2-13H2,1H3,(H2,21,22,23,24,27)/t15-/m0/s1. The van der Waals surface area contributed by atoms with Gasteiger partial charge in [-0.1, -0.05) is 12.8 Å². The molecule has 7 heteroatoms. The number of anilines is 3. The van der Waals surface area contributed by atoms with Crippen molar-refractivity contribution in [2.45, 2.75) is 76.8 Å². The minimum Gasteiger partial charge on any atom is -0.360 e. The van der Waals surface area contributed by atoms with E-state index in [9.17, 15) is 0 Å². The Hall–Kier alpha value is -1.63. The van der Waals surface area contributed by atoms with Crippen molar-refractivity contribution in [1.29, 1.82) is 0 Å². The Kier molecular flexibility index (Phi) is 5.95. The highest BCUT2D eigenvalue weighted by Crippen LogP contribution is 2.28. The van der Waals surface area contributed by atoms with Gasteiger partial charge in [-0.2, -0.15) is 9.97 Å². The van der Waals surface area contributed by atoms with Gasteiger partial charge in [-0.25, -0.2) is 0 Å². The first-order valence-corrected chi connectivity index (χ1v) is 11.1. The first-order chi connectivity index (χ1) is 13.2. The lowest BCUT2D eigenvalue weighted by Crippen LogP contribution is -2.38. The Balaban J connectivity index is 1.58. The normalized spacial score (nSPS) is 23.7. The molecule has 0 bridgehead atoms. The maximum absolute atomic E-state index is 5.47. The molecule has 0 aromatic carbocycles. The van der Waals surface area contributed by atoms with Gasteiger partial charge in [0.15, 0.2) is 5.11 Å². The van der Waals surface area contributed by atoms with E-state index in [2.05, 4.69) is 33.4 Å². The number of aromatic nitrogens is 2. The van der Waals surface area contributed by atoms with Gasteiger partial charge in [-0.15, -0.1) is 0 Å². The zero-order chi connectivity index (χ0) is 18.6. The van der Waals surface area contributed by atoms with E-state index in [1.807, 2.05) is 0 Å². The summed E-state index contributed by atoms with van der Waals surface area (Å²) in [6.45, 7) is 5.54. The maximum atomic E-state index is 5.47. The highest BCUT2D eigenvalue weighted by Gasteiger charge is 2.24. The molecule has 2 saturated heterocycles. The number of nitrogens with zero attached hydrogens (tertiary/aromatic N) is 4. The Bertz CT molecular complexity index is 654. The number of piperidine rings is 1. The summed E-state index contributed by atoms with van der Waals surface area (Å²) in [6, 6.07) is 3.24. The van der Waals surface area contributed by atoms with E-state index in [4.69, 9.17) is 22.2 Å². The smallest absolute Gasteiger partial charge is 0.232 e. The molecule has 1 aliphatic carbocycles. The summed E-state index contributed by atoms with van der Waals surface area (Å²) in [4.78, 5) is 14.5. The van der Waals surface area contributed by atoms with Crippen LogP contribution in [0.5, 0.6) is 0 Å². The molecular weight excluding hydrogens is 356 g/mol. The van der Waals surface area contributed by atoms with Gasteiger partial charge < -0.3 is 20.4 Å². The molecule has 4 rings (SSSR count). The Morgan fingerprint density at radius 1 is 0.963 bits per heavy atom. The number of thiocarbonyl (C=S) groups is 1. The molecule has 3 aliphatic rings. The quantitative estimate of drug-likeness (QED) is 0.763. The van der Waals surface area contributed by atoms with Gasteiger partial charge in [0.2, 0.25) is 5.95 Å². The van der Waals surface area contributed by atoms with Gasteiger partial charge in [-0.3, -0.25) is 0 Å². The van der Waals surface area contributed by atoms with Crippen molar-refractivity contribution < 1.29 is 0 Å². The van der Waals surface area contributed by atoms with E-state index in [0.29, 0.717) is 23.1 Å². The molecule has 0 radical (unpaired) electrons. The SMILES string of the molecule is C[C@H]1CCCCN1c1cc(N2CCCCCC2)nc(NC(=S)NC2CC2)n1. The van der Waals surface area contributed by atoms with Crippen molar-refractivity contribution in [1.82, 2.24) is 15.3 Å². The summed E-state index contributed by atoms with van der Waals surface area (Å²) in [5.41, 5.74) is 0. The fourth-order valence-corrected chi connectivity index (χ4v) is 4.33. The topological polar surface area (TPSA) is 56.3 Å². The molecular formula is C20H32N6S. The molecule has 27 heavy (non-hydrogen) atoms. The molecule has 0 unspecified atom stereocenters. The third kappa shape index (κ3) is 5.00. The predicted octanol–water partition coefficient (Wildman–Crippen LogP) is 3.68. The molecule has 2 aliphatic heterocycles. The largest absolute Gasteiger partial charge is 0.360 e. The lowest BCUT2D eigenvalue weighted by Gasteiger charge is -2.35. The Morgan fingerprint density at radius 2 is 1.67 bits per heavy atom. The van der Waals surface area contributed by atoms with Crippen LogP contribution in [0.25, 0.3) is 0 Å². The average Bonchev–Trinajstić information content (AvgIpc) is 3.48. The highest BCUT2D eigenvalue weighted by molar-refractivity contribution is 7.80. The van der Waals surface area contributed by atoms with Crippen LogP contribution >= 0.6 is 12.2 Å². The van der Waals surface area contributed by atoms with Crippen LogP contribution in [-0.2, 0) is 0 Å². The van der Waals surface area contributed by atoms with Crippen molar-refractivity contribution >= 4 is 34.9 Å². The second-order valence-electron chi connectivity index (χ2n) is 8.22. The maximum Gasteiger partial charge on any atom is 0.232 e. The summed E-state index contributed by atoms with van der Waals surface area (Å²) >= 11 is 5.47. The Labute approximate surface area is 168 Å². The summed E-state index contributed by atoms with van der Waals surface area (Å²) in [7, 11) is 0. The van der Waals surface area contributed by atoms with Crippen molar-refractivity contribution in [2.24, 2.45) is 0 Å². The third-order valence-corrected chi connectivity index (χ3v) is 6.08. The van der Waals surface area contributed by atoms with Crippen molar-refractivity contribution in [2.75, 3.05) is 34.8 Å². The fraction of sp³-hybridized carbons (Fsp3) is 0.750. The van der Waals surface area contributed by atoms with E-state index in [1.54, 1.807) is 0 Å². The van der Waals surface area contributed by atoms with E-state index in [0.717, 1.165) is 31.3 Å². The zero-order valence-electron chi connectivity index (χ0n) is 16.4. The lowest BCUT2D eigenvalue weighted by atomic mass is 10.0. The second-order valence-corrected chi connectivity index (χ2v) is 8.63. The van der Waals surface area contributed by atoms with Crippen molar-refractivity contribution in [3.05, 3.63) is 6.07 Å². The molecule has 3 heterocycles. The molecule has 0 amide bonds. The number of rotatable bonds is 4. The Morgan fingerprint density at radius 3 is 2.37 bits per heavy atom.